The van der Waals surface area contributed by atoms with Crippen LogP contribution < -0.4 is 15.4 Å². The fourth-order valence-electron chi connectivity index (χ4n) is 4.72. The number of benzene rings is 2. The Hall–Kier alpha value is -3.72. The molecule has 32 heavy (non-hydrogen) atoms. The molecule has 0 bridgehead atoms. The Kier molecular flexibility index (Phi) is 5.67. The molecule has 4 amide bonds. The highest BCUT2D eigenvalue weighted by molar-refractivity contribution is 6.24. The van der Waals surface area contributed by atoms with E-state index in [1.807, 2.05) is 0 Å². The van der Waals surface area contributed by atoms with Gasteiger partial charge in [0.05, 0.1) is 30.7 Å². The van der Waals surface area contributed by atoms with E-state index in [1.165, 1.54) is 19.1 Å². The molecule has 0 saturated carbocycles. The molecular weight excluding hydrogens is 414 g/mol. The number of imide groups is 1. The van der Waals surface area contributed by atoms with Gasteiger partial charge in [-0.05, 0) is 29.8 Å². The van der Waals surface area contributed by atoms with Crippen LogP contribution in [0.1, 0.15) is 11.6 Å². The molecule has 0 aromatic heterocycles. The zero-order valence-corrected chi connectivity index (χ0v) is 17.6. The number of anilines is 1. The third kappa shape index (κ3) is 3.31. The number of nitrogens with two attached hydrogens (primary N) is 1. The van der Waals surface area contributed by atoms with Gasteiger partial charge < -0.3 is 20.1 Å². The average Bonchev–Trinajstić information content (AvgIpc) is 3.28. The highest BCUT2D eigenvalue weighted by atomic mass is 16.5. The number of carbonyl (C=O) groups is 4. The lowest BCUT2D eigenvalue weighted by molar-refractivity contribution is -0.144. The first-order chi connectivity index (χ1) is 15.4. The summed E-state index contributed by atoms with van der Waals surface area (Å²) >= 11 is 0. The molecule has 2 aliphatic rings. The van der Waals surface area contributed by atoms with Gasteiger partial charge in [-0.2, -0.15) is 0 Å². The Morgan fingerprint density at radius 3 is 2.12 bits per heavy atom. The quantitative estimate of drug-likeness (QED) is 0.670. The highest BCUT2D eigenvalue weighted by Crippen LogP contribution is 2.50. The first kappa shape index (κ1) is 21.5. The third-order valence-corrected chi connectivity index (χ3v) is 6.00. The van der Waals surface area contributed by atoms with Crippen LogP contribution in [0, 0.1) is 11.8 Å². The number of rotatable bonds is 6. The minimum Gasteiger partial charge on any atom is -0.497 e. The molecule has 4 atom stereocenters. The molecular formula is C23H23N3O6. The Bertz CT molecular complexity index is 1060. The predicted molar refractivity (Wildman–Crippen MR) is 113 cm³/mol. The van der Waals surface area contributed by atoms with Gasteiger partial charge in [0.2, 0.25) is 23.6 Å². The van der Waals surface area contributed by atoms with Crippen LogP contribution in [0.3, 0.4) is 0 Å². The summed E-state index contributed by atoms with van der Waals surface area (Å²) < 4.78 is 10.2. The number of ether oxygens (including phenoxy) is 2. The Morgan fingerprint density at radius 2 is 1.56 bits per heavy atom. The van der Waals surface area contributed by atoms with E-state index in [0.29, 0.717) is 17.0 Å². The summed E-state index contributed by atoms with van der Waals surface area (Å²) in [7, 11) is 2.87. The number of carbonyl (C=O) groups excluding carboxylic acids is 4. The fourth-order valence-corrected chi connectivity index (χ4v) is 4.72. The lowest BCUT2D eigenvalue weighted by Crippen LogP contribution is -2.51. The van der Waals surface area contributed by atoms with Crippen molar-refractivity contribution in [3.05, 3.63) is 60.2 Å². The lowest BCUT2D eigenvalue weighted by atomic mass is 9.86. The maximum atomic E-state index is 13.6. The minimum absolute atomic E-state index is 0.319. The number of hydrogen-bond acceptors (Lipinski definition) is 6. The van der Waals surface area contributed by atoms with Gasteiger partial charge in [0, 0.05) is 7.11 Å². The SMILES string of the molecule is COCC(=O)N1C(C(N)=O)C2C(=O)N(c3ccccc3)C(=O)C2C1c1ccc(OC)cc1. The van der Waals surface area contributed by atoms with E-state index in [-0.39, 0.29) is 6.61 Å². The van der Waals surface area contributed by atoms with Crippen molar-refractivity contribution >= 4 is 29.3 Å². The molecule has 0 radical (unpaired) electrons. The molecule has 4 rings (SSSR count). The van der Waals surface area contributed by atoms with Crippen molar-refractivity contribution in [1.82, 2.24) is 4.90 Å². The van der Waals surface area contributed by atoms with Gasteiger partial charge in [-0.3, -0.25) is 19.2 Å². The standard InChI is InChI=1S/C23H23N3O6/c1-31-12-16(27)26-19(13-8-10-15(32-2)11-9-13)17-18(20(26)21(24)28)23(30)25(22(17)29)14-6-4-3-5-7-14/h3-11,17-20H,12H2,1-2H3,(H2,24,28). The van der Waals surface area contributed by atoms with Crippen LogP contribution in [0.4, 0.5) is 5.69 Å². The third-order valence-electron chi connectivity index (χ3n) is 6.00. The summed E-state index contributed by atoms with van der Waals surface area (Å²) in [5.41, 5.74) is 6.67. The van der Waals surface area contributed by atoms with Crippen LogP contribution in [0.25, 0.3) is 0 Å². The molecule has 9 heteroatoms. The molecule has 4 unspecified atom stereocenters. The summed E-state index contributed by atoms with van der Waals surface area (Å²) in [5, 5.41) is 0. The number of fused-ring (bicyclic) bond motifs is 1. The highest BCUT2D eigenvalue weighted by Gasteiger charge is 2.65. The zero-order chi connectivity index (χ0) is 23.0. The molecule has 2 saturated heterocycles. The molecule has 0 aliphatic carbocycles. The molecule has 2 heterocycles. The second kappa shape index (κ2) is 8.43. The van der Waals surface area contributed by atoms with Crippen LogP contribution in [-0.4, -0.2) is 55.4 Å². The fraction of sp³-hybridized carbons (Fsp3) is 0.304. The molecule has 2 N–H and O–H groups in total. The number of methoxy groups -OCH3 is 2. The van der Waals surface area contributed by atoms with Crippen molar-refractivity contribution in [3.63, 3.8) is 0 Å². The second-order valence-electron chi connectivity index (χ2n) is 7.70. The number of hydrogen-bond donors (Lipinski definition) is 1. The summed E-state index contributed by atoms with van der Waals surface area (Å²) in [6, 6.07) is 13.1. The Balaban J connectivity index is 1.85. The van der Waals surface area contributed by atoms with E-state index in [4.69, 9.17) is 15.2 Å². The smallest absolute Gasteiger partial charge is 0.249 e. The summed E-state index contributed by atoms with van der Waals surface area (Å²) in [5.74, 6) is -3.88. The molecule has 9 nitrogen and oxygen atoms in total. The number of para-hydroxylation sites is 1. The van der Waals surface area contributed by atoms with Gasteiger partial charge in [-0.15, -0.1) is 0 Å². The largest absolute Gasteiger partial charge is 0.497 e. The summed E-state index contributed by atoms with van der Waals surface area (Å²) in [4.78, 5) is 54.8. The maximum Gasteiger partial charge on any atom is 0.249 e. The van der Waals surface area contributed by atoms with Crippen molar-refractivity contribution < 1.29 is 28.7 Å². The van der Waals surface area contributed by atoms with Gasteiger partial charge in [-0.25, -0.2) is 4.90 Å². The van der Waals surface area contributed by atoms with Crippen LogP contribution >= 0.6 is 0 Å². The van der Waals surface area contributed by atoms with E-state index >= 15 is 0 Å². The van der Waals surface area contributed by atoms with Gasteiger partial charge in [-0.1, -0.05) is 30.3 Å². The number of amides is 4. The van der Waals surface area contributed by atoms with Crippen LogP contribution in [0.15, 0.2) is 54.6 Å². The zero-order valence-electron chi connectivity index (χ0n) is 17.6. The molecule has 2 aliphatic heterocycles. The Labute approximate surface area is 184 Å². The molecule has 2 aromatic carbocycles. The predicted octanol–water partition coefficient (Wildman–Crippen LogP) is 0.885. The van der Waals surface area contributed by atoms with Gasteiger partial charge in [0.15, 0.2) is 0 Å². The van der Waals surface area contributed by atoms with Crippen molar-refractivity contribution in [2.24, 2.45) is 17.6 Å². The van der Waals surface area contributed by atoms with Gasteiger partial charge in [0.25, 0.3) is 0 Å². The van der Waals surface area contributed by atoms with Crippen LogP contribution in [0.2, 0.25) is 0 Å². The van der Waals surface area contributed by atoms with E-state index in [2.05, 4.69) is 0 Å². The maximum absolute atomic E-state index is 13.6. The van der Waals surface area contributed by atoms with E-state index in [0.717, 1.165) is 4.90 Å². The van der Waals surface area contributed by atoms with E-state index < -0.39 is 47.5 Å². The molecule has 166 valence electrons. The van der Waals surface area contributed by atoms with Crippen LogP contribution in [0.5, 0.6) is 5.75 Å². The first-order valence-corrected chi connectivity index (χ1v) is 10.1. The normalized spacial score (nSPS) is 24.6. The lowest BCUT2D eigenvalue weighted by Gasteiger charge is -2.32. The van der Waals surface area contributed by atoms with Crippen LogP contribution in [-0.2, 0) is 23.9 Å². The van der Waals surface area contributed by atoms with E-state index in [9.17, 15) is 19.2 Å². The molecule has 2 aromatic rings. The first-order valence-electron chi connectivity index (χ1n) is 10.1. The number of primary amides is 1. The monoisotopic (exact) mass is 437 g/mol. The molecule has 2 fully saturated rings. The Morgan fingerprint density at radius 1 is 0.938 bits per heavy atom. The van der Waals surface area contributed by atoms with Crippen molar-refractivity contribution in [3.8, 4) is 5.75 Å². The van der Waals surface area contributed by atoms with Crippen molar-refractivity contribution in [2.45, 2.75) is 12.1 Å². The topological polar surface area (TPSA) is 119 Å². The van der Waals surface area contributed by atoms with Gasteiger partial charge >= 0.3 is 0 Å². The number of likely N-dealkylation sites (tertiary alicyclic amines) is 1. The van der Waals surface area contributed by atoms with Crippen molar-refractivity contribution in [1.29, 1.82) is 0 Å². The van der Waals surface area contributed by atoms with Crippen molar-refractivity contribution in [2.75, 3.05) is 25.7 Å². The summed E-state index contributed by atoms with van der Waals surface area (Å²) in [6.07, 6.45) is 0. The number of nitrogens with zero attached hydrogens (tertiary/aromatic N) is 2. The van der Waals surface area contributed by atoms with E-state index in [1.54, 1.807) is 54.6 Å². The average molecular weight is 437 g/mol. The minimum atomic E-state index is -1.28. The second-order valence-corrected chi connectivity index (χ2v) is 7.70. The molecule has 0 spiro atoms. The summed E-state index contributed by atoms with van der Waals surface area (Å²) in [6.45, 7) is -0.319. The van der Waals surface area contributed by atoms with Gasteiger partial charge in [0.1, 0.15) is 18.4 Å².